The van der Waals surface area contributed by atoms with Crippen LogP contribution in [0.1, 0.15) is 15.2 Å². The highest BCUT2D eigenvalue weighted by Gasteiger charge is 2.14. The number of ether oxygens (including phenoxy) is 1. The van der Waals surface area contributed by atoms with Crippen molar-refractivity contribution in [2.45, 2.75) is 0 Å². The number of carbonyl (C=O) groups is 1. The first-order valence-corrected chi connectivity index (χ1v) is 8.03. The van der Waals surface area contributed by atoms with Crippen molar-refractivity contribution in [2.24, 2.45) is 0 Å². The van der Waals surface area contributed by atoms with Crippen LogP contribution in [-0.2, 0) is 0 Å². The van der Waals surface area contributed by atoms with E-state index in [9.17, 15) is 4.79 Å². The van der Waals surface area contributed by atoms with Crippen molar-refractivity contribution in [1.29, 1.82) is 0 Å². The highest BCUT2D eigenvalue weighted by Crippen LogP contribution is 2.32. The van der Waals surface area contributed by atoms with E-state index < -0.39 is 0 Å². The van der Waals surface area contributed by atoms with Crippen molar-refractivity contribution in [1.82, 2.24) is 0 Å². The molecule has 0 bridgehead atoms. The van der Waals surface area contributed by atoms with Gasteiger partial charge in [0.1, 0.15) is 5.75 Å². The summed E-state index contributed by atoms with van der Waals surface area (Å²) in [6.07, 6.45) is 0. The van der Waals surface area contributed by atoms with Gasteiger partial charge in [-0.05, 0) is 51.6 Å². The minimum atomic E-state index is 0.0525. The third-order valence-corrected chi connectivity index (χ3v) is 5.49. The zero-order valence-corrected chi connectivity index (χ0v) is 13.2. The molecule has 0 atom stereocenters. The number of benzene rings is 1. The summed E-state index contributed by atoms with van der Waals surface area (Å²) in [5.41, 5.74) is 0.668. The van der Waals surface area contributed by atoms with Crippen LogP contribution in [0.5, 0.6) is 5.75 Å². The number of methoxy groups -OCH3 is 1. The average Bonchev–Trinajstić information content (AvgIpc) is 2.98. The highest BCUT2D eigenvalue weighted by atomic mass is 79.9. The normalized spacial score (nSPS) is 10.8. The molecule has 0 radical (unpaired) electrons. The number of halogens is 1. The lowest BCUT2D eigenvalue weighted by Crippen LogP contribution is -1.98. The molecule has 0 fully saturated rings. The Morgan fingerprint density at radius 2 is 2.05 bits per heavy atom. The van der Waals surface area contributed by atoms with Gasteiger partial charge in [0, 0.05) is 15.0 Å². The Kier molecular flexibility index (Phi) is 3.43. The fraction of sp³-hybridized carbons (Fsp3) is 0.0714. The van der Waals surface area contributed by atoms with Crippen molar-refractivity contribution >= 4 is 53.8 Å². The molecule has 0 amide bonds. The first kappa shape index (κ1) is 12.8. The molecule has 0 aliphatic heterocycles. The summed E-state index contributed by atoms with van der Waals surface area (Å²) < 4.78 is 8.29. The van der Waals surface area contributed by atoms with Crippen LogP contribution < -0.4 is 4.74 Å². The van der Waals surface area contributed by atoms with E-state index in [0.717, 1.165) is 15.1 Å². The number of ketones is 1. The van der Waals surface area contributed by atoms with Gasteiger partial charge in [-0.3, -0.25) is 4.79 Å². The van der Waals surface area contributed by atoms with Crippen molar-refractivity contribution in [2.75, 3.05) is 7.11 Å². The monoisotopic (exact) mass is 352 g/mol. The molecule has 96 valence electrons. The molecule has 3 rings (SSSR count). The van der Waals surface area contributed by atoms with Crippen LogP contribution in [0.4, 0.5) is 0 Å². The largest absolute Gasteiger partial charge is 0.496 e. The maximum atomic E-state index is 12.4. The predicted octanol–water partition coefficient (Wildman–Crippen LogP) is 4.96. The summed E-state index contributed by atoms with van der Waals surface area (Å²) in [5, 5.41) is 2.04. The fourth-order valence-corrected chi connectivity index (χ4v) is 4.44. The van der Waals surface area contributed by atoms with Crippen molar-refractivity contribution in [3.8, 4) is 5.75 Å². The molecular formula is C14H9BrO2S2. The zero-order valence-electron chi connectivity index (χ0n) is 9.98. The molecule has 0 saturated carbocycles. The van der Waals surface area contributed by atoms with E-state index in [0.29, 0.717) is 5.56 Å². The SMILES string of the molecule is COc1ccc(C(=O)c2cc3sccc3s2)cc1Br. The lowest BCUT2D eigenvalue weighted by Gasteiger charge is -2.04. The van der Waals surface area contributed by atoms with E-state index in [2.05, 4.69) is 15.9 Å². The number of hydrogen-bond donors (Lipinski definition) is 0. The van der Waals surface area contributed by atoms with E-state index >= 15 is 0 Å². The summed E-state index contributed by atoms with van der Waals surface area (Å²) in [6.45, 7) is 0. The van der Waals surface area contributed by atoms with Crippen molar-refractivity contribution in [3.05, 3.63) is 50.6 Å². The van der Waals surface area contributed by atoms with Crippen LogP contribution in [0.3, 0.4) is 0 Å². The molecule has 2 heterocycles. The number of hydrogen-bond acceptors (Lipinski definition) is 4. The lowest BCUT2D eigenvalue weighted by atomic mass is 10.1. The number of rotatable bonds is 3. The van der Waals surface area contributed by atoms with Gasteiger partial charge in [0.15, 0.2) is 0 Å². The number of thiophene rings is 2. The van der Waals surface area contributed by atoms with Gasteiger partial charge in [0.2, 0.25) is 5.78 Å². The van der Waals surface area contributed by atoms with Gasteiger partial charge in [-0.1, -0.05) is 0 Å². The molecule has 0 saturated heterocycles. The molecule has 0 aliphatic carbocycles. The Hall–Kier alpha value is -1.17. The second-order valence-electron chi connectivity index (χ2n) is 3.94. The fourth-order valence-electron chi connectivity index (χ4n) is 1.83. The van der Waals surface area contributed by atoms with E-state index in [1.807, 2.05) is 17.5 Å². The Bertz CT molecular complexity index is 729. The molecule has 0 N–H and O–H groups in total. The molecule has 0 unspecified atom stereocenters. The molecular weight excluding hydrogens is 344 g/mol. The van der Waals surface area contributed by atoms with Gasteiger partial charge in [-0.15, -0.1) is 22.7 Å². The Labute approximate surface area is 126 Å². The molecule has 2 nitrogen and oxygen atoms in total. The minimum absolute atomic E-state index is 0.0525. The van der Waals surface area contributed by atoms with E-state index in [1.54, 1.807) is 36.6 Å². The number of fused-ring (bicyclic) bond motifs is 1. The van der Waals surface area contributed by atoms with E-state index in [1.165, 1.54) is 20.7 Å². The van der Waals surface area contributed by atoms with Crippen LogP contribution in [0.25, 0.3) is 9.40 Å². The summed E-state index contributed by atoms with van der Waals surface area (Å²) in [5.74, 6) is 0.778. The third kappa shape index (κ3) is 2.33. The first-order chi connectivity index (χ1) is 9.19. The van der Waals surface area contributed by atoms with Gasteiger partial charge in [-0.25, -0.2) is 0 Å². The average molecular weight is 353 g/mol. The van der Waals surface area contributed by atoms with Gasteiger partial charge in [-0.2, -0.15) is 0 Å². The topological polar surface area (TPSA) is 26.3 Å². The summed E-state index contributed by atoms with van der Waals surface area (Å²) in [4.78, 5) is 13.2. The standard InChI is InChI=1S/C14H9BrO2S2/c1-17-10-3-2-8(6-9(10)15)14(16)13-7-12-11(19-13)4-5-18-12/h2-7H,1H3. The van der Waals surface area contributed by atoms with Gasteiger partial charge in [0.25, 0.3) is 0 Å². The Morgan fingerprint density at radius 3 is 2.74 bits per heavy atom. The van der Waals surface area contributed by atoms with Gasteiger partial charge < -0.3 is 4.74 Å². The second kappa shape index (κ2) is 5.07. The van der Waals surface area contributed by atoms with E-state index in [4.69, 9.17) is 4.74 Å². The highest BCUT2D eigenvalue weighted by molar-refractivity contribution is 9.10. The van der Waals surface area contributed by atoms with Gasteiger partial charge in [0.05, 0.1) is 16.5 Å². The van der Waals surface area contributed by atoms with Crippen LogP contribution in [-0.4, -0.2) is 12.9 Å². The molecule has 5 heteroatoms. The van der Waals surface area contributed by atoms with Gasteiger partial charge >= 0.3 is 0 Å². The maximum Gasteiger partial charge on any atom is 0.203 e. The summed E-state index contributed by atoms with van der Waals surface area (Å²) in [7, 11) is 1.61. The molecule has 0 aliphatic rings. The van der Waals surface area contributed by atoms with E-state index in [-0.39, 0.29) is 5.78 Å². The van der Waals surface area contributed by atoms with Crippen LogP contribution >= 0.6 is 38.6 Å². The molecule has 0 spiro atoms. The van der Waals surface area contributed by atoms with Crippen LogP contribution in [0.2, 0.25) is 0 Å². The predicted molar refractivity (Wildman–Crippen MR) is 83.8 cm³/mol. The molecule has 2 aromatic heterocycles. The van der Waals surface area contributed by atoms with Crippen LogP contribution in [0, 0.1) is 0 Å². The smallest absolute Gasteiger partial charge is 0.203 e. The van der Waals surface area contributed by atoms with Crippen molar-refractivity contribution in [3.63, 3.8) is 0 Å². The summed E-state index contributed by atoms with van der Waals surface area (Å²) >= 11 is 6.60. The van der Waals surface area contributed by atoms with Crippen molar-refractivity contribution < 1.29 is 9.53 Å². The Balaban J connectivity index is 1.99. The third-order valence-electron chi connectivity index (χ3n) is 2.78. The first-order valence-electron chi connectivity index (χ1n) is 5.54. The Morgan fingerprint density at radius 1 is 1.21 bits per heavy atom. The molecule has 1 aromatic carbocycles. The minimum Gasteiger partial charge on any atom is -0.496 e. The molecule has 19 heavy (non-hydrogen) atoms. The molecule has 3 aromatic rings. The second-order valence-corrected chi connectivity index (χ2v) is 6.82. The maximum absolute atomic E-state index is 12.4. The van der Waals surface area contributed by atoms with Crippen LogP contribution in [0.15, 0.2) is 40.2 Å². The zero-order chi connectivity index (χ0) is 13.4. The quantitative estimate of drug-likeness (QED) is 0.622. The number of carbonyl (C=O) groups excluding carboxylic acids is 1. The lowest BCUT2D eigenvalue weighted by molar-refractivity contribution is 0.104. The summed E-state index contributed by atoms with van der Waals surface area (Å²) in [6, 6.07) is 9.40.